The van der Waals surface area contributed by atoms with E-state index in [0.29, 0.717) is 0 Å². The van der Waals surface area contributed by atoms with Gasteiger partial charge < -0.3 is 7.96 Å². The molecule has 1 aliphatic carbocycles. The van der Waals surface area contributed by atoms with Crippen LogP contribution < -0.4 is 0 Å². The van der Waals surface area contributed by atoms with Gasteiger partial charge in [-0.3, -0.25) is 0 Å². The molecule has 3 heteroatoms. The fourth-order valence-electron chi connectivity index (χ4n) is 1.45. The van der Waals surface area contributed by atoms with Crippen LogP contribution in [0.4, 0.5) is 0 Å². The van der Waals surface area contributed by atoms with E-state index in [-0.39, 0.29) is 30.7 Å². The summed E-state index contributed by atoms with van der Waals surface area (Å²) in [6.07, 6.45) is 10.5. The number of thioether (sulfide) groups is 1. The first-order valence-corrected chi connectivity index (χ1v) is 4.45. The maximum Gasteiger partial charge on any atom is 2.00 e. The third-order valence-corrected chi connectivity index (χ3v) is 3.73. The van der Waals surface area contributed by atoms with Gasteiger partial charge in [0.05, 0.1) is 4.75 Å². The molecule has 62 valence electrons. The van der Waals surface area contributed by atoms with E-state index in [1.54, 1.807) is 11.8 Å². The third kappa shape index (κ3) is 1.29. The summed E-state index contributed by atoms with van der Waals surface area (Å²) in [6, 6.07) is 0. The zero-order valence-corrected chi connectivity index (χ0v) is 9.09. The summed E-state index contributed by atoms with van der Waals surface area (Å²) < 4.78 is -0.0799. The molecule has 12 heavy (non-hydrogen) atoms. The first-order valence-electron chi connectivity index (χ1n) is 3.63. The van der Waals surface area contributed by atoms with Gasteiger partial charge in [0.25, 0.3) is 0 Å². The van der Waals surface area contributed by atoms with Crippen LogP contribution in [0.2, 0.25) is 0 Å². The van der Waals surface area contributed by atoms with Gasteiger partial charge in [0, 0.05) is 0 Å². The van der Waals surface area contributed by atoms with Crippen LogP contribution in [0.15, 0.2) is 37.0 Å². The minimum atomic E-state index is -0.629. The summed E-state index contributed by atoms with van der Waals surface area (Å²) in [5.41, 5.74) is 0. The molecule has 0 aromatic carbocycles. The van der Waals surface area contributed by atoms with Crippen LogP contribution in [-0.4, -0.2) is 37.8 Å². The average Bonchev–Trinajstić information content (AvgIpc) is 2.56. The molecule has 0 bridgehead atoms. The molecule has 1 aliphatic heterocycles. The smallest absolute Gasteiger partial charge is 1.00 e. The van der Waals surface area contributed by atoms with Crippen molar-refractivity contribution in [1.29, 1.82) is 0 Å². The number of fused-ring (bicyclic) bond motifs is 1. The van der Waals surface area contributed by atoms with Gasteiger partial charge >= 0.3 is 23.1 Å². The monoisotopic (exact) mass is 192 g/mol. The molecule has 2 atom stereocenters. The predicted octanol–water partition coefficient (Wildman–Crippen LogP) is 1.71. The van der Waals surface area contributed by atoms with Gasteiger partial charge in [-0.05, 0) is 12.5 Å². The Kier molecular flexibility index (Phi) is 2.78. The SMILES string of the molecule is C=CCC12C=CC=CC1(O)S2.[H-].[H-].[Mg+2]. The number of rotatable bonds is 2. The van der Waals surface area contributed by atoms with Crippen LogP contribution in [0.1, 0.15) is 9.27 Å². The van der Waals surface area contributed by atoms with E-state index in [1.165, 1.54) is 0 Å². The molecule has 0 radical (unpaired) electrons. The summed E-state index contributed by atoms with van der Waals surface area (Å²) in [5, 5.41) is 9.81. The Morgan fingerprint density at radius 2 is 2.17 bits per heavy atom. The van der Waals surface area contributed by atoms with Crippen molar-refractivity contribution in [3.05, 3.63) is 37.0 Å². The second-order valence-corrected chi connectivity index (χ2v) is 4.45. The number of allylic oxidation sites excluding steroid dienone is 3. The van der Waals surface area contributed by atoms with Crippen molar-refractivity contribution < 1.29 is 7.96 Å². The van der Waals surface area contributed by atoms with E-state index in [0.717, 1.165) is 6.42 Å². The Morgan fingerprint density at radius 1 is 1.50 bits per heavy atom. The Hall–Kier alpha value is 0.296. The fraction of sp³-hybridized carbons (Fsp3) is 0.333. The second kappa shape index (κ2) is 3.22. The quantitative estimate of drug-likeness (QED) is 0.408. The zero-order valence-electron chi connectivity index (χ0n) is 8.86. The molecule has 1 heterocycles. The predicted molar refractivity (Wildman–Crippen MR) is 56.3 cm³/mol. The minimum Gasteiger partial charge on any atom is -1.00 e. The van der Waals surface area contributed by atoms with Crippen molar-refractivity contribution in [2.75, 3.05) is 0 Å². The topological polar surface area (TPSA) is 20.2 Å². The van der Waals surface area contributed by atoms with Crippen molar-refractivity contribution in [3.63, 3.8) is 0 Å². The summed E-state index contributed by atoms with van der Waals surface area (Å²) in [5.74, 6) is 0. The standard InChI is InChI=1S/C9H10OS.Mg.2H/c1-2-5-8-6-3-4-7-9(8,10)11-8;;;/h2-4,6-7,10H,1,5H2;;;/q;+2;2*-1. The molecule has 0 spiro atoms. The molecule has 1 N–H and O–H groups in total. The second-order valence-electron chi connectivity index (χ2n) is 2.90. The van der Waals surface area contributed by atoms with Gasteiger partial charge in [-0.2, -0.15) is 0 Å². The van der Waals surface area contributed by atoms with Crippen molar-refractivity contribution >= 4 is 34.8 Å². The molecule has 1 saturated heterocycles. The van der Waals surface area contributed by atoms with Crippen LogP contribution in [-0.2, 0) is 0 Å². The first-order chi connectivity index (χ1) is 5.22. The Bertz CT molecular complexity index is 270. The van der Waals surface area contributed by atoms with Gasteiger partial charge in [-0.1, -0.05) is 24.3 Å². The van der Waals surface area contributed by atoms with Crippen molar-refractivity contribution in [2.45, 2.75) is 16.1 Å². The van der Waals surface area contributed by atoms with Gasteiger partial charge in [0.15, 0.2) is 0 Å². The summed E-state index contributed by atoms with van der Waals surface area (Å²) in [4.78, 5) is -0.629. The van der Waals surface area contributed by atoms with E-state index in [2.05, 4.69) is 12.7 Å². The Morgan fingerprint density at radius 3 is 2.75 bits per heavy atom. The maximum absolute atomic E-state index is 9.81. The Balaban J connectivity index is 0. The summed E-state index contributed by atoms with van der Waals surface area (Å²) in [7, 11) is 0. The van der Waals surface area contributed by atoms with E-state index >= 15 is 0 Å². The molecule has 2 aliphatic rings. The molecule has 0 saturated carbocycles. The summed E-state index contributed by atoms with van der Waals surface area (Å²) in [6.45, 7) is 3.68. The molecule has 1 nitrogen and oxygen atoms in total. The molecular formula is C9H12MgOS. The van der Waals surface area contributed by atoms with Crippen molar-refractivity contribution in [3.8, 4) is 0 Å². The Labute approximate surface area is 95.7 Å². The van der Waals surface area contributed by atoms with Crippen LogP contribution in [0.25, 0.3) is 0 Å². The van der Waals surface area contributed by atoms with Crippen LogP contribution in [0, 0.1) is 0 Å². The van der Waals surface area contributed by atoms with Crippen LogP contribution >= 0.6 is 11.8 Å². The van der Waals surface area contributed by atoms with Gasteiger partial charge in [-0.15, -0.1) is 18.3 Å². The summed E-state index contributed by atoms with van der Waals surface area (Å²) >= 11 is 1.58. The van der Waals surface area contributed by atoms with Crippen LogP contribution in [0.5, 0.6) is 0 Å². The van der Waals surface area contributed by atoms with Gasteiger partial charge in [0.1, 0.15) is 4.93 Å². The zero-order chi connectivity index (χ0) is 7.95. The normalized spacial score (nSPS) is 41.4. The molecule has 1 fully saturated rings. The van der Waals surface area contributed by atoms with E-state index in [9.17, 15) is 5.11 Å². The molecule has 0 aromatic heterocycles. The average molecular weight is 193 g/mol. The van der Waals surface area contributed by atoms with Crippen LogP contribution in [0.3, 0.4) is 0 Å². The molecule has 0 amide bonds. The van der Waals surface area contributed by atoms with E-state index < -0.39 is 4.93 Å². The number of aliphatic hydroxyl groups is 1. The van der Waals surface area contributed by atoms with Crippen molar-refractivity contribution in [1.82, 2.24) is 0 Å². The van der Waals surface area contributed by atoms with E-state index in [4.69, 9.17) is 0 Å². The largest absolute Gasteiger partial charge is 2.00 e. The van der Waals surface area contributed by atoms with Crippen molar-refractivity contribution in [2.24, 2.45) is 0 Å². The van der Waals surface area contributed by atoms with Gasteiger partial charge in [-0.25, -0.2) is 0 Å². The minimum absolute atomic E-state index is 0. The molecule has 0 aromatic rings. The maximum atomic E-state index is 9.81. The number of hydrogen-bond donors (Lipinski definition) is 1. The molecule has 2 rings (SSSR count). The third-order valence-electron chi connectivity index (χ3n) is 2.15. The van der Waals surface area contributed by atoms with E-state index in [1.807, 2.05) is 24.3 Å². The van der Waals surface area contributed by atoms with Gasteiger partial charge in [0.2, 0.25) is 0 Å². The molecular weight excluding hydrogens is 180 g/mol. The fourth-order valence-corrected chi connectivity index (χ4v) is 2.67. The number of hydrogen-bond acceptors (Lipinski definition) is 2. The molecule has 2 unspecified atom stereocenters. The first kappa shape index (κ1) is 10.4.